The van der Waals surface area contributed by atoms with Crippen molar-refractivity contribution in [2.75, 3.05) is 17.2 Å². The highest BCUT2D eigenvalue weighted by molar-refractivity contribution is 6.39. The Morgan fingerprint density at radius 3 is 2.63 bits per heavy atom. The molecule has 0 spiro atoms. The number of nitro groups is 1. The molecule has 2 aromatic rings. The summed E-state index contributed by atoms with van der Waals surface area (Å²) in [5.41, 5.74) is 1.79. The molecular weight excluding hydrogens is 393 g/mol. The first-order valence-corrected chi connectivity index (χ1v) is 9.08. The third kappa shape index (κ3) is 4.88. The van der Waals surface area contributed by atoms with Gasteiger partial charge < -0.3 is 15.4 Å². The monoisotopic (exact) mass is 409 g/mol. The third-order valence-corrected chi connectivity index (χ3v) is 4.72. The minimum atomic E-state index is -0.554. The van der Waals surface area contributed by atoms with Crippen molar-refractivity contribution < 1.29 is 14.5 Å². The summed E-state index contributed by atoms with van der Waals surface area (Å²) in [6.07, 6.45) is 1.22. The maximum atomic E-state index is 12.1. The number of hydrogen-bond acceptors (Lipinski definition) is 5. The predicted molar refractivity (Wildman–Crippen MR) is 104 cm³/mol. The SMILES string of the molecule is O=C(Nc1cccc(CNc2c(Cl)cc([N+](=O)[O-])cc2Cl)c1)[C@H]1CCCO1. The molecule has 1 atom stereocenters. The second-order valence-corrected chi connectivity index (χ2v) is 6.90. The van der Waals surface area contributed by atoms with Crippen LogP contribution in [0.15, 0.2) is 36.4 Å². The van der Waals surface area contributed by atoms with Crippen LogP contribution >= 0.6 is 23.2 Å². The summed E-state index contributed by atoms with van der Waals surface area (Å²) in [6, 6.07) is 9.81. The highest BCUT2D eigenvalue weighted by Gasteiger charge is 2.23. The second kappa shape index (κ2) is 8.56. The number of amides is 1. The van der Waals surface area contributed by atoms with Gasteiger partial charge in [-0.15, -0.1) is 0 Å². The number of benzene rings is 2. The van der Waals surface area contributed by atoms with Crippen LogP contribution in [-0.4, -0.2) is 23.5 Å². The molecule has 1 amide bonds. The highest BCUT2D eigenvalue weighted by atomic mass is 35.5. The summed E-state index contributed by atoms with van der Waals surface area (Å²) < 4.78 is 5.37. The summed E-state index contributed by atoms with van der Waals surface area (Å²) in [5.74, 6) is -0.154. The van der Waals surface area contributed by atoms with Crippen molar-refractivity contribution in [2.45, 2.75) is 25.5 Å². The zero-order valence-electron chi connectivity index (χ0n) is 14.2. The normalized spacial score (nSPS) is 16.1. The lowest BCUT2D eigenvalue weighted by molar-refractivity contribution is -0.384. The van der Waals surface area contributed by atoms with E-state index in [0.29, 0.717) is 24.5 Å². The number of hydrogen-bond donors (Lipinski definition) is 2. The van der Waals surface area contributed by atoms with Crippen LogP contribution in [0.5, 0.6) is 0 Å². The number of nitrogens with zero attached hydrogens (tertiary/aromatic N) is 1. The fourth-order valence-electron chi connectivity index (χ4n) is 2.79. The Labute approximate surface area is 165 Å². The van der Waals surface area contributed by atoms with E-state index in [2.05, 4.69) is 10.6 Å². The first-order chi connectivity index (χ1) is 12.9. The Morgan fingerprint density at radius 2 is 2.00 bits per heavy atom. The number of halogens is 2. The minimum absolute atomic E-state index is 0.154. The number of carbonyl (C=O) groups is 1. The van der Waals surface area contributed by atoms with Crippen molar-refractivity contribution >= 4 is 46.2 Å². The third-order valence-electron chi connectivity index (χ3n) is 4.12. The average Bonchev–Trinajstić information content (AvgIpc) is 3.16. The topological polar surface area (TPSA) is 93.5 Å². The number of nitrogens with one attached hydrogen (secondary N) is 2. The Bertz CT molecular complexity index is 846. The van der Waals surface area contributed by atoms with Gasteiger partial charge in [0.1, 0.15) is 6.10 Å². The van der Waals surface area contributed by atoms with Crippen LogP contribution in [0.3, 0.4) is 0 Å². The van der Waals surface area contributed by atoms with E-state index in [1.54, 1.807) is 6.07 Å². The molecular formula is C18H17Cl2N3O4. The molecule has 7 nitrogen and oxygen atoms in total. The fraction of sp³-hybridized carbons (Fsp3) is 0.278. The van der Waals surface area contributed by atoms with Crippen LogP contribution in [0, 0.1) is 10.1 Å². The molecule has 1 aliphatic heterocycles. The quantitative estimate of drug-likeness (QED) is 0.535. The van der Waals surface area contributed by atoms with Gasteiger partial charge in [-0.2, -0.15) is 0 Å². The van der Waals surface area contributed by atoms with Crippen molar-refractivity contribution in [3.63, 3.8) is 0 Å². The predicted octanol–water partition coefficient (Wildman–Crippen LogP) is 4.63. The average molecular weight is 410 g/mol. The molecule has 2 N–H and O–H groups in total. The molecule has 0 radical (unpaired) electrons. The Kier molecular flexibility index (Phi) is 6.15. The van der Waals surface area contributed by atoms with E-state index in [9.17, 15) is 14.9 Å². The molecule has 2 aromatic carbocycles. The van der Waals surface area contributed by atoms with Gasteiger partial charge in [0.2, 0.25) is 0 Å². The fourth-order valence-corrected chi connectivity index (χ4v) is 3.40. The first-order valence-electron chi connectivity index (χ1n) is 8.33. The molecule has 1 fully saturated rings. The molecule has 0 aliphatic carbocycles. The van der Waals surface area contributed by atoms with Gasteiger partial charge in [0, 0.05) is 31.0 Å². The number of carbonyl (C=O) groups excluding carboxylic acids is 1. The van der Waals surface area contributed by atoms with E-state index in [-0.39, 0.29) is 21.6 Å². The van der Waals surface area contributed by atoms with Gasteiger partial charge in [0.15, 0.2) is 0 Å². The van der Waals surface area contributed by atoms with E-state index in [1.165, 1.54) is 12.1 Å². The molecule has 0 aromatic heterocycles. The second-order valence-electron chi connectivity index (χ2n) is 6.09. The molecule has 3 rings (SSSR count). The van der Waals surface area contributed by atoms with Gasteiger partial charge in [-0.3, -0.25) is 14.9 Å². The Balaban J connectivity index is 1.66. The summed E-state index contributed by atoms with van der Waals surface area (Å²) in [4.78, 5) is 22.4. The molecule has 1 aliphatic rings. The zero-order chi connectivity index (χ0) is 19.4. The van der Waals surface area contributed by atoms with Crippen molar-refractivity contribution in [1.82, 2.24) is 0 Å². The van der Waals surface area contributed by atoms with E-state index in [1.807, 2.05) is 18.2 Å². The van der Waals surface area contributed by atoms with Gasteiger partial charge >= 0.3 is 0 Å². The number of nitro benzene ring substituents is 1. The minimum Gasteiger partial charge on any atom is -0.379 e. The summed E-state index contributed by atoms with van der Waals surface area (Å²) in [7, 11) is 0. The van der Waals surface area contributed by atoms with Crippen LogP contribution < -0.4 is 10.6 Å². The maximum absolute atomic E-state index is 12.1. The number of rotatable bonds is 6. The lowest BCUT2D eigenvalue weighted by Crippen LogP contribution is -2.26. The highest BCUT2D eigenvalue weighted by Crippen LogP contribution is 2.35. The van der Waals surface area contributed by atoms with Gasteiger partial charge in [0.25, 0.3) is 11.6 Å². The van der Waals surface area contributed by atoms with Crippen LogP contribution in [0.25, 0.3) is 0 Å². The van der Waals surface area contributed by atoms with Crippen LogP contribution in [0.4, 0.5) is 17.1 Å². The molecule has 1 heterocycles. The first kappa shape index (κ1) is 19.4. The van der Waals surface area contributed by atoms with E-state index in [4.69, 9.17) is 27.9 Å². The smallest absolute Gasteiger partial charge is 0.272 e. The standard InChI is InChI=1S/C18H17Cl2N3O4/c19-14-8-13(23(25)26)9-15(20)17(14)21-10-11-3-1-4-12(7-11)22-18(24)16-5-2-6-27-16/h1,3-4,7-9,16,21H,2,5-6,10H2,(H,22,24)/t16-/m1/s1. The van der Waals surface area contributed by atoms with E-state index < -0.39 is 11.0 Å². The number of non-ortho nitro benzene ring substituents is 1. The molecule has 9 heteroatoms. The van der Waals surface area contributed by atoms with Gasteiger partial charge in [0.05, 0.1) is 20.7 Å². The van der Waals surface area contributed by atoms with Gasteiger partial charge in [-0.05, 0) is 30.5 Å². The summed E-state index contributed by atoms with van der Waals surface area (Å²) in [6.45, 7) is 0.986. The number of anilines is 2. The molecule has 142 valence electrons. The summed E-state index contributed by atoms with van der Waals surface area (Å²) in [5, 5.41) is 17.1. The Morgan fingerprint density at radius 1 is 1.26 bits per heavy atom. The lowest BCUT2D eigenvalue weighted by atomic mass is 10.1. The maximum Gasteiger partial charge on any atom is 0.272 e. The molecule has 0 unspecified atom stereocenters. The van der Waals surface area contributed by atoms with Gasteiger partial charge in [-0.25, -0.2) is 0 Å². The van der Waals surface area contributed by atoms with E-state index >= 15 is 0 Å². The Hall–Kier alpha value is -2.35. The lowest BCUT2D eigenvalue weighted by Gasteiger charge is -2.13. The largest absolute Gasteiger partial charge is 0.379 e. The van der Waals surface area contributed by atoms with Crippen molar-refractivity contribution in [2.24, 2.45) is 0 Å². The van der Waals surface area contributed by atoms with Crippen LogP contribution in [0.1, 0.15) is 18.4 Å². The van der Waals surface area contributed by atoms with Crippen molar-refractivity contribution in [3.8, 4) is 0 Å². The number of ether oxygens (including phenoxy) is 1. The van der Waals surface area contributed by atoms with Gasteiger partial charge in [-0.1, -0.05) is 35.3 Å². The zero-order valence-corrected chi connectivity index (χ0v) is 15.7. The summed E-state index contributed by atoms with van der Waals surface area (Å²) >= 11 is 12.2. The van der Waals surface area contributed by atoms with Crippen LogP contribution in [-0.2, 0) is 16.1 Å². The van der Waals surface area contributed by atoms with Crippen molar-refractivity contribution in [1.29, 1.82) is 0 Å². The van der Waals surface area contributed by atoms with Crippen LogP contribution in [0.2, 0.25) is 10.0 Å². The van der Waals surface area contributed by atoms with Crippen molar-refractivity contribution in [3.05, 3.63) is 62.1 Å². The molecule has 0 bridgehead atoms. The molecule has 0 saturated carbocycles. The van der Waals surface area contributed by atoms with E-state index in [0.717, 1.165) is 18.4 Å². The molecule has 27 heavy (non-hydrogen) atoms. The molecule has 1 saturated heterocycles.